The Kier molecular flexibility index (Phi) is 20.9. The van der Waals surface area contributed by atoms with Crippen LogP contribution in [-0.4, -0.2) is 120 Å². The highest BCUT2D eigenvalue weighted by Crippen LogP contribution is 2.56. The van der Waals surface area contributed by atoms with Gasteiger partial charge in [-0.15, -0.1) is 0 Å². The summed E-state index contributed by atoms with van der Waals surface area (Å²) in [6, 6.07) is 71.5. The van der Waals surface area contributed by atoms with Crippen LogP contribution in [0.3, 0.4) is 0 Å². The van der Waals surface area contributed by atoms with Crippen LogP contribution in [0, 0.1) is 0 Å². The third-order valence-electron chi connectivity index (χ3n) is 19.2. The molecule has 0 N–H and O–H groups in total. The minimum atomic E-state index is -1.44. The second-order valence-electron chi connectivity index (χ2n) is 25.1. The Hall–Kier alpha value is -8.89. The molecule has 0 saturated carbocycles. The number of anilines is 4. The van der Waals surface area contributed by atoms with Gasteiger partial charge >= 0.3 is 0 Å². The lowest BCUT2D eigenvalue weighted by Crippen LogP contribution is -2.52. The van der Waals surface area contributed by atoms with Gasteiger partial charge in [-0.05, 0) is 126 Å². The van der Waals surface area contributed by atoms with Gasteiger partial charge in [0.1, 0.15) is 48.6 Å². The van der Waals surface area contributed by atoms with Crippen LogP contribution in [0.5, 0.6) is 0 Å². The average molecular weight is 1270 g/mol. The van der Waals surface area contributed by atoms with E-state index in [1.807, 2.05) is 6.07 Å². The first-order chi connectivity index (χ1) is 44.3. The molecular formula is C77H98N13P2+5. The molecule has 5 aromatic carbocycles. The van der Waals surface area contributed by atoms with Crippen LogP contribution in [0.2, 0.25) is 0 Å². The average Bonchev–Trinajstić information content (AvgIpc) is 1.56. The largest absolute Gasteiger partial charge is 0.359 e. The van der Waals surface area contributed by atoms with E-state index >= 15 is 0 Å². The number of hydrogen-bond donors (Lipinski definition) is 0. The van der Waals surface area contributed by atoms with Gasteiger partial charge in [0, 0.05) is 90.5 Å². The lowest BCUT2D eigenvalue weighted by molar-refractivity contribution is -0.678. The molecule has 0 bridgehead atoms. The summed E-state index contributed by atoms with van der Waals surface area (Å²) in [5, 5.41) is 10.6. The highest BCUT2D eigenvalue weighted by atomic mass is 31.2. The Morgan fingerprint density at radius 2 is 0.772 bits per heavy atom. The standard InChI is InChI=1S/C20H22NP.C19H24N2P.C15H18N3.C12H18N4.C11H16N3/c1-21-16-10-9-11-18(21)17-22(2,19-12-5-3-6-13-19)20-14-7-4-8-15-20;1-17-20(2)14-15-21(17)16-22(3,18-10-6-4-7-11-18)19-12-8-5-9-13-19;1-12-17(3)13-8-4-5-9-14(13)18(12)15-10-6-7-11-16(15)2;1-9-13(3)7-11-5-6-12-8-14(4)10(2)16(12)15(9)11;1-10-12(2)8-9-14(10)11-6-4-5-7-13(11)3/h3-16H,17H2,1-2H3;4-15,17H,16H2,1-3H3;4-12H,1-3H3;5-10H,1-4H3;4-10H,1-3H3/q+2;2*+1;;+1. The Bertz CT molecular complexity index is 3760. The van der Waals surface area contributed by atoms with Crippen molar-refractivity contribution < 1.29 is 13.7 Å². The van der Waals surface area contributed by atoms with Crippen LogP contribution < -0.4 is 49.6 Å². The Labute approximate surface area is 551 Å². The van der Waals surface area contributed by atoms with Crippen molar-refractivity contribution in [3.63, 3.8) is 0 Å². The van der Waals surface area contributed by atoms with Gasteiger partial charge in [-0.3, -0.25) is 10.0 Å². The molecule has 0 saturated heterocycles. The lowest BCUT2D eigenvalue weighted by atomic mass is 10.2. The molecular weight excluding hydrogens is 1170 g/mol. The van der Waals surface area contributed by atoms with E-state index in [0.717, 1.165) is 12.4 Å². The monoisotopic (exact) mass is 1270 g/mol. The maximum absolute atomic E-state index is 2.47. The molecule has 0 aliphatic carbocycles. The van der Waals surface area contributed by atoms with Crippen molar-refractivity contribution in [3.05, 3.63) is 285 Å². The number of fused-ring (bicyclic) bond motifs is 4. The zero-order valence-corrected chi connectivity index (χ0v) is 58.7. The third-order valence-corrected chi connectivity index (χ3v) is 26.8. The van der Waals surface area contributed by atoms with Crippen LogP contribution in [0.4, 0.5) is 23.0 Å². The summed E-state index contributed by atoms with van der Waals surface area (Å²) in [6.07, 6.45) is 27.7. The smallest absolute Gasteiger partial charge is 0.283 e. The van der Waals surface area contributed by atoms with Crippen LogP contribution >= 0.6 is 14.5 Å². The highest BCUT2D eigenvalue weighted by molar-refractivity contribution is 7.89. The second-order valence-corrected chi connectivity index (χ2v) is 32.5. The van der Waals surface area contributed by atoms with Gasteiger partial charge in [0.25, 0.3) is 11.6 Å². The SMILES string of the molecule is CC1N(C)C=C2C=CC3=CN(C)C(C)N3N21.CC1N(C)C=CN1C[P+](C)(c1ccccc1)c1ccccc1.CC1N(C)C=CN1c1cccc[n+]1C.CC1N(C)c2ccccc2N1c1cccc[n+]1C.C[n+]1ccccc1C[P+](C)(c1ccccc1)c1ccccc1. The first kappa shape index (κ1) is 66.0. The predicted molar refractivity (Wildman–Crippen MR) is 388 cm³/mol. The van der Waals surface area contributed by atoms with Crippen molar-refractivity contribution in [1.29, 1.82) is 0 Å². The van der Waals surface area contributed by atoms with E-state index in [-0.39, 0.29) is 0 Å². The lowest BCUT2D eigenvalue weighted by Gasteiger charge is -2.43. The fraction of sp³-hybridized carbons (Fsp3) is 0.286. The number of aryl methyl sites for hydroxylation is 3. The van der Waals surface area contributed by atoms with Gasteiger partial charge in [-0.2, -0.15) is 0 Å². The number of allylic oxidation sites excluding steroid dienone is 2. The van der Waals surface area contributed by atoms with Crippen molar-refractivity contribution >= 4 is 58.8 Å². The molecule has 0 radical (unpaired) electrons. The fourth-order valence-electron chi connectivity index (χ4n) is 12.7. The van der Waals surface area contributed by atoms with Gasteiger partial charge in [0.05, 0.1) is 82.0 Å². The van der Waals surface area contributed by atoms with E-state index in [1.54, 1.807) is 0 Å². The molecule has 9 heterocycles. The second kappa shape index (κ2) is 29.2. The highest BCUT2D eigenvalue weighted by Gasteiger charge is 2.44. The number of nitrogens with zero attached hydrogens (tertiary/aromatic N) is 13. The summed E-state index contributed by atoms with van der Waals surface area (Å²) in [5.74, 6) is 2.42. The van der Waals surface area contributed by atoms with E-state index in [9.17, 15) is 0 Å². The molecule has 476 valence electrons. The zero-order valence-electron chi connectivity index (χ0n) is 56.9. The van der Waals surface area contributed by atoms with Crippen molar-refractivity contribution in [2.24, 2.45) is 21.1 Å². The summed E-state index contributed by atoms with van der Waals surface area (Å²) in [6.45, 7) is 16.0. The fourth-order valence-corrected chi connectivity index (χ4v) is 19.3. The minimum absolute atomic E-state index is 0.330. The first-order valence-corrected chi connectivity index (χ1v) is 37.0. The van der Waals surface area contributed by atoms with Crippen molar-refractivity contribution in [1.82, 2.24) is 34.5 Å². The molecule has 13 nitrogen and oxygen atoms in total. The summed E-state index contributed by atoms with van der Waals surface area (Å²) in [4.78, 5) is 18.3. The van der Waals surface area contributed by atoms with Gasteiger partial charge in [0.2, 0.25) is 5.69 Å². The number of para-hydroxylation sites is 2. The van der Waals surface area contributed by atoms with Gasteiger partial charge in [0.15, 0.2) is 30.4 Å². The molecule has 0 amide bonds. The van der Waals surface area contributed by atoms with Gasteiger partial charge in [-0.25, -0.2) is 23.5 Å². The molecule has 14 rings (SSSR count). The molecule has 15 heteroatoms. The molecule has 6 aliphatic rings. The van der Waals surface area contributed by atoms with Crippen LogP contribution in [0.15, 0.2) is 280 Å². The molecule has 0 fully saturated rings. The first-order valence-electron chi connectivity index (χ1n) is 32.2. The Balaban J connectivity index is 0.000000127. The van der Waals surface area contributed by atoms with E-state index < -0.39 is 14.5 Å². The van der Waals surface area contributed by atoms with Crippen molar-refractivity contribution in [3.8, 4) is 0 Å². The number of hydrogen-bond acceptors (Lipinski definition) is 10. The maximum Gasteiger partial charge on any atom is 0.283 e. The third kappa shape index (κ3) is 14.1. The van der Waals surface area contributed by atoms with E-state index in [2.05, 4.69) is 429 Å². The molecule has 5 unspecified atom stereocenters. The molecule has 5 atom stereocenters. The van der Waals surface area contributed by atoms with E-state index in [4.69, 9.17) is 0 Å². The summed E-state index contributed by atoms with van der Waals surface area (Å²) in [7, 11) is 14.0. The molecule has 0 spiro atoms. The summed E-state index contributed by atoms with van der Waals surface area (Å²) in [5.41, 5.74) is 6.48. The van der Waals surface area contributed by atoms with Crippen molar-refractivity contribution in [2.45, 2.75) is 71.6 Å². The molecule has 8 aromatic rings. The normalized spacial score (nSPS) is 19.2. The van der Waals surface area contributed by atoms with Crippen LogP contribution in [0.25, 0.3) is 0 Å². The Morgan fingerprint density at radius 1 is 0.370 bits per heavy atom. The topological polar surface area (TPSA) is 44.0 Å². The van der Waals surface area contributed by atoms with Crippen LogP contribution in [0.1, 0.15) is 40.3 Å². The number of benzene rings is 5. The number of aromatic nitrogens is 3. The molecule has 6 aliphatic heterocycles. The van der Waals surface area contributed by atoms with E-state index in [1.165, 1.54) is 61.3 Å². The van der Waals surface area contributed by atoms with E-state index in [0.29, 0.717) is 30.8 Å². The maximum atomic E-state index is 2.47. The van der Waals surface area contributed by atoms with Crippen molar-refractivity contribution in [2.75, 3.05) is 69.6 Å². The minimum Gasteiger partial charge on any atom is -0.359 e. The van der Waals surface area contributed by atoms with Crippen LogP contribution in [-0.2, 0) is 27.3 Å². The Morgan fingerprint density at radius 3 is 1.21 bits per heavy atom. The zero-order chi connectivity index (χ0) is 65.3. The summed E-state index contributed by atoms with van der Waals surface area (Å²) < 4.78 is 6.52. The number of rotatable bonds is 10. The molecule has 3 aromatic heterocycles. The van der Waals surface area contributed by atoms with Gasteiger partial charge in [-0.1, -0.05) is 97.1 Å². The quantitative estimate of drug-likeness (QED) is 0.0977. The number of hydrazine groups is 1. The number of pyridine rings is 3. The summed E-state index contributed by atoms with van der Waals surface area (Å²) >= 11 is 0. The predicted octanol–water partition coefficient (Wildman–Crippen LogP) is 11.5. The van der Waals surface area contributed by atoms with Gasteiger partial charge < -0.3 is 29.4 Å². The molecule has 92 heavy (non-hydrogen) atoms.